The van der Waals surface area contributed by atoms with E-state index in [0.717, 1.165) is 25.0 Å². The maximum Gasteiger partial charge on any atom is 0.190 e. The van der Waals surface area contributed by atoms with Crippen LogP contribution < -0.4 is 10.6 Å². The highest BCUT2D eigenvalue weighted by molar-refractivity contribution is 14.0. The van der Waals surface area contributed by atoms with Crippen molar-refractivity contribution in [2.75, 3.05) is 39.8 Å². The second-order valence-corrected chi connectivity index (χ2v) is 6.97. The molecule has 0 atom stereocenters. The highest BCUT2D eigenvalue weighted by Gasteiger charge is 2.14. The quantitative estimate of drug-likeness (QED) is 0.251. The van der Waals surface area contributed by atoms with Gasteiger partial charge in [-0.05, 0) is 64.1 Å². The molecule has 2 N–H and O–H groups in total. The molecule has 136 valence electrons. The molecule has 1 aliphatic heterocycles. The number of nitrogens with one attached hydrogen (secondary N) is 2. The maximum absolute atomic E-state index is 4.32. The first-order valence-corrected chi connectivity index (χ1v) is 9.55. The lowest BCUT2D eigenvalue weighted by atomic mass is 10.0. The van der Waals surface area contributed by atoms with Gasteiger partial charge in [0.15, 0.2) is 5.96 Å². The number of guanidine groups is 1. The number of aliphatic imine (C=N–C) groups is 1. The van der Waals surface area contributed by atoms with Crippen LogP contribution in [-0.2, 0) is 0 Å². The number of halogens is 1. The van der Waals surface area contributed by atoms with E-state index in [1.54, 1.807) is 0 Å². The molecule has 0 spiro atoms. The summed E-state index contributed by atoms with van der Waals surface area (Å²) in [5.74, 6) is 1.98. The maximum atomic E-state index is 4.32. The smallest absolute Gasteiger partial charge is 0.190 e. The van der Waals surface area contributed by atoms with Crippen LogP contribution in [0.25, 0.3) is 0 Å². The highest BCUT2D eigenvalue weighted by Crippen LogP contribution is 2.28. The van der Waals surface area contributed by atoms with Gasteiger partial charge in [0.05, 0.1) is 0 Å². The monoisotopic (exact) mass is 436 g/mol. The van der Waals surface area contributed by atoms with E-state index in [9.17, 15) is 0 Å². The van der Waals surface area contributed by atoms with E-state index in [1.165, 1.54) is 83.8 Å². The van der Waals surface area contributed by atoms with Crippen LogP contribution in [0.15, 0.2) is 4.99 Å². The Morgan fingerprint density at radius 3 is 2.26 bits per heavy atom. The molecule has 0 aromatic carbocycles. The van der Waals surface area contributed by atoms with E-state index in [4.69, 9.17) is 0 Å². The second kappa shape index (κ2) is 13.3. The van der Waals surface area contributed by atoms with E-state index >= 15 is 0 Å². The third kappa shape index (κ3) is 9.13. The van der Waals surface area contributed by atoms with Crippen molar-refractivity contribution in [2.24, 2.45) is 10.9 Å². The summed E-state index contributed by atoms with van der Waals surface area (Å²) in [5, 5.41) is 6.90. The van der Waals surface area contributed by atoms with Gasteiger partial charge in [-0.1, -0.05) is 25.7 Å². The molecule has 4 nitrogen and oxygen atoms in total. The first-order chi connectivity index (χ1) is 10.9. The van der Waals surface area contributed by atoms with E-state index < -0.39 is 0 Å². The molecule has 0 aromatic rings. The fourth-order valence-corrected chi connectivity index (χ4v) is 3.79. The Balaban J connectivity index is 0.00000264. The van der Waals surface area contributed by atoms with E-state index in [0.29, 0.717) is 0 Å². The number of hydrogen-bond acceptors (Lipinski definition) is 2. The molecule has 1 heterocycles. The average molecular weight is 436 g/mol. The third-order valence-corrected chi connectivity index (χ3v) is 5.17. The van der Waals surface area contributed by atoms with Crippen LogP contribution in [0.2, 0.25) is 0 Å². The van der Waals surface area contributed by atoms with Crippen LogP contribution >= 0.6 is 24.0 Å². The minimum Gasteiger partial charge on any atom is -0.356 e. The van der Waals surface area contributed by atoms with Crippen LogP contribution in [0, 0.1) is 5.92 Å². The van der Waals surface area contributed by atoms with Crippen LogP contribution in [0.5, 0.6) is 0 Å². The minimum atomic E-state index is 0. The summed E-state index contributed by atoms with van der Waals surface area (Å²) in [7, 11) is 1.87. The summed E-state index contributed by atoms with van der Waals surface area (Å²) >= 11 is 0. The zero-order valence-corrected chi connectivity index (χ0v) is 17.3. The number of rotatable bonds is 9. The van der Waals surface area contributed by atoms with Crippen LogP contribution in [-0.4, -0.2) is 50.6 Å². The largest absolute Gasteiger partial charge is 0.356 e. The Labute approximate surface area is 160 Å². The molecule has 5 heteroatoms. The highest BCUT2D eigenvalue weighted by atomic mass is 127. The first-order valence-electron chi connectivity index (χ1n) is 9.55. The third-order valence-electron chi connectivity index (χ3n) is 5.17. The van der Waals surface area contributed by atoms with Crippen molar-refractivity contribution < 1.29 is 0 Å². The molecule has 2 rings (SSSR count). The van der Waals surface area contributed by atoms with Gasteiger partial charge in [0.25, 0.3) is 0 Å². The van der Waals surface area contributed by atoms with Gasteiger partial charge >= 0.3 is 0 Å². The van der Waals surface area contributed by atoms with Crippen molar-refractivity contribution in [3.8, 4) is 0 Å². The van der Waals surface area contributed by atoms with Gasteiger partial charge in [0.1, 0.15) is 0 Å². The lowest BCUT2D eigenvalue weighted by Crippen LogP contribution is -2.38. The predicted octanol–water partition coefficient (Wildman–Crippen LogP) is 3.62. The fourth-order valence-electron chi connectivity index (χ4n) is 3.79. The van der Waals surface area contributed by atoms with E-state index in [1.807, 2.05) is 7.05 Å². The summed E-state index contributed by atoms with van der Waals surface area (Å²) < 4.78 is 0. The van der Waals surface area contributed by atoms with Gasteiger partial charge in [-0.25, -0.2) is 0 Å². The predicted molar refractivity (Wildman–Crippen MR) is 111 cm³/mol. The summed E-state index contributed by atoms with van der Waals surface area (Å²) in [6, 6.07) is 0. The van der Waals surface area contributed by atoms with Crippen LogP contribution in [0.1, 0.15) is 64.2 Å². The van der Waals surface area contributed by atoms with Crippen LogP contribution in [0.4, 0.5) is 0 Å². The van der Waals surface area contributed by atoms with Crippen molar-refractivity contribution in [1.29, 1.82) is 0 Å². The summed E-state index contributed by atoms with van der Waals surface area (Å²) in [5.41, 5.74) is 0. The molecule has 0 unspecified atom stereocenters. The molecule has 1 aliphatic carbocycles. The van der Waals surface area contributed by atoms with Crippen molar-refractivity contribution in [3.63, 3.8) is 0 Å². The summed E-state index contributed by atoms with van der Waals surface area (Å²) in [6.45, 7) is 6.00. The van der Waals surface area contributed by atoms with Gasteiger partial charge < -0.3 is 15.5 Å². The summed E-state index contributed by atoms with van der Waals surface area (Å²) in [6.07, 6.45) is 13.8. The van der Waals surface area contributed by atoms with Crippen molar-refractivity contribution in [2.45, 2.75) is 64.2 Å². The Morgan fingerprint density at radius 2 is 1.61 bits per heavy atom. The standard InChI is InChI=1S/C18H36N4.HI/c1-19-18(21-13-8-11-17-9-2-3-10-17)20-12-4-5-14-22-15-6-7-16-22;/h17H,2-16H2,1H3,(H2,19,20,21);1H. The molecule has 23 heavy (non-hydrogen) atoms. The minimum absolute atomic E-state index is 0. The number of hydrogen-bond donors (Lipinski definition) is 2. The van der Waals surface area contributed by atoms with Crippen molar-refractivity contribution in [3.05, 3.63) is 0 Å². The van der Waals surface area contributed by atoms with Gasteiger partial charge in [0, 0.05) is 20.1 Å². The lowest BCUT2D eigenvalue weighted by molar-refractivity contribution is 0.330. The second-order valence-electron chi connectivity index (χ2n) is 6.97. The average Bonchev–Trinajstić information content (AvgIpc) is 3.22. The number of likely N-dealkylation sites (tertiary alicyclic amines) is 1. The molecule has 1 saturated carbocycles. The molecule has 0 aromatic heterocycles. The fraction of sp³-hybridized carbons (Fsp3) is 0.944. The SMILES string of the molecule is CN=C(NCCCCN1CCCC1)NCCCC1CCCC1.I. The molecule has 0 radical (unpaired) electrons. The Hall–Kier alpha value is -0.0400. The Morgan fingerprint density at radius 1 is 0.957 bits per heavy atom. The summed E-state index contributed by atoms with van der Waals surface area (Å²) in [4.78, 5) is 6.91. The van der Waals surface area contributed by atoms with Crippen molar-refractivity contribution in [1.82, 2.24) is 15.5 Å². The molecular formula is C18H37IN4. The Kier molecular flexibility index (Phi) is 12.1. The molecule has 1 saturated heterocycles. The van der Waals surface area contributed by atoms with Gasteiger partial charge in [-0.15, -0.1) is 24.0 Å². The molecule has 0 amide bonds. The molecule has 2 fully saturated rings. The first kappa shape index (κ1) is 21.0. The zero-order valence-electron chi connectivity index (χ0n) is 15.0. The topological polar surface area (TPSA) is 39.7 Å². The van der Waals surface area contributed by atoms with Gasteiger partial charge in [-0.3, -0.25) is 4.99 Å². The van der Waals surface area contributed by atoms with E-state index in [-0.39, 0.29) is 24.0 Å². The lowest BCUT2D eigenvalue weighted by Gasteiger charge is -2.15. The van der Waals surface area contributed by atoms with Crippen LogP contribution in [0.3, 0.4) is 0 Å². The number of nitrogens with zero attached hydrogens (tertiary/aromatic N) is 2. The van der Waals surface area contributed by atoms with Crippen molar-refractivity contribution >= 4 is 29.9 Å². The zero-order chi connectivity index (χ0) is 15.5. The molecular weight excluding hydrogens is 399 g/mol. The molecule has 0 bridgehead atoms. The van der Waals surface area contributed by atoms with Gasteiger partial charge in [0.2, 0.25) is 0 Å². The normalized spacial score (nSPS) is 19.8. The van der Waals surface area contributed by atoms with Gasteiger partial charge in [-0.2, -0.15) is 0 Å². The van der Waals surface area contributed by atoms with E-state index in [2.05, 4.69) is 20.5 Å². The molecule has 2 aliphatic rings. The Bertz CT molecular complexity index is 310. The number of unbranched alkanes of at least 4 members (excludes halogenated alkanes) is 1.